The number of nitrogens with one attached hydrogen (secondary N) is 2. The molecule has 0 atom stereocenters. The number of imidazole rings is 1. The van der Waals surface area contributed by atoms with Crippen LogP contribution in [0, 0.1) is 0 Å². The van der Waals surface area contributed by atoms with Gasteiger partial charge in [0.15, 0.2) is 5.96 Å². The third kappa shape index (κ3) is 6.62. The lowest BCUT2D eigenvalue weighted by Gasteiger charge is -2.15. The summed E-state index contributed by atoms with van der Waals surface area (Å²) in [5, 5.41) is 6.68. The highest BCUT2D eigenvalue weighted by Crippen LogP contribution is 2.09. The van der Waals surface area contributed by atoms with Crippen LogP contribution in [-0.2, 0) is 17.8 Å². The molecule has 156 valence electrons. The maximum Gasteiger partial charge on any atom is 0.222 e. The van der Waals surface area contributed by atoms with Crippen LogP contribution >= 0.6 is 0 Å². The van der Waals surface area contributed by atoms with E-state index >= 15 is 0 Å². The molecule has 0 aliphatic carbocycles. The second kappa shape index (κ2) is 11.2. The van der Waals surface area contributed by atoms with Gasteiger partial charge in [0, 0.05) is 64.5 Å². The Morgan fingerprint density at radius 3 is 2.86 bits per heavy atom. The molecule has 1 aromatic carbocycles. The topological polar surface area (TPSA) is 74.6 Å². The highest BCUT2D eigenvalue weighted by Gasteiger charge is 2.18. The van der Waals surface area contributed by atoms with E-state index in [0.717, 1.165) is 63.8 Å². The van der Waals surface area contributed by atoms with Crippen LogP contribution in [0.2, 0.25) is 0 Å². The Kier molecular flexibility index (Phi) is 8.10. The van der Waals surface area contributed by atoms with E-state index in [1.165, 1.54) is 5.56 Å². The van der Waals surface area contributed by atoms with Gasteiger partial charge in [-0.25, -0.2) is 4.98 Å². The van der Waals surface area contributed by atoms with Crippen molar-refractivity contribution in [1.82, 2.24) is 25.1 Å². The van der Waals surface area contributed by atoms with Gasteiger partial charge < -0.3 is 20.1 Å². The van der Waals surface area contributed by atoms with Gasteiger partial charge >= 0.3 is 0 Å². The van der Waals surface area contributed by atoms with Crippen molar-refractivity contribution >= 4 is 11.9 Å². The lowest BCUT2D eigenvalue weighted by atomic mass is 10.2. The average molecular weight is 397 g/mol. The zero-order chi connectivity index (χ0) is 20.3. The highest BCUT2D eigenvalue weighted by molar-refractivity contribution is 5.79. The summed E-state index contributed by atoms with van der Waals surface area (Å²) in [6, 6.07) is 10.4. The van der Waals surface area contributed by atoms with E-state index in [9.17, 15) is 4.79 Å². The summed E-state index contributed by atoms with van der Waals surface area (Å²) >= 11 is 0. The van der Waals surface area contributed by atoms with Crippen molar-refractivity contribution < 1.29 is 4.79 Å². The van der Waals surface area contributed by atoms with E-state index in [2.05, 4.69) is 56.4 Å². The third-order valence-corrected chi connectivity index (χ3v) is 5.01. The number of hydrogen-bond donors (Lipinski definition) is 2. The van der Waals surface area contributed by atoms with Gasteiger partial charge in [0.1, 0.15) is 5.82 Å². The van der Waals surface area contributed by atoms with Gasteiger partial charge in [-0.2, -0.15) is 0 Å². The number of rotatable bonds is 10. The van der Waals surface area contributed by atoms with Crippen LogP contribution in [0.1, 0.15) is 37.6 Å². The molecule has 1 aliphatic heterocycles. The lowest BCUT2D eigenvalue weighted by molar-refractivity contribution is -0.127. The molecule has 1 aromatic heterocycles. The van der Waals surface area contributed by atoms with E-state index < -0.39 is 0 Å². The Bertz CT molecular complexity index is 786. The molecule has 0 spiro atoms. The highest BCUT2D eigenvalue weighted by atomic mass is 16.2. The fourth-order valence-electron chi connectivity index (χ4n) is 3.52. The Morgan fingerprint density at radius 2 is 2.10 bits per heavy atom. The first kappa shape index (κ1) is 20.9. The van der Waals surface area contributed by atoms with E-state index in [0.29, 0.717) is 13.0 Å². The minimum atomic E-state index is 0.282. The zero-order valence-corrected chi connectivity index (χ0v) is 17.3. The molecule has 0 bridgehead atoms. The lowest BCUT2D eigenvalue weighted by Crippen LogP contribution is -2.38. The average Bonchev–Trinajstić information content (AvgIpc) is 3.35. The molecule has 0 saturated carbocycles. The van der Waals surface area contributed by atoms with E-state index in [4.69, 9.17) is 0 Å². The molecule has 7 heteroatoms. The summed E-state index contributed by atoms with van der Waals surface area (Å²) in [6.07, 6.45) is 7.30. The van der Waals surface area contributed by atoms with Crippen LogP contribution in [-0.4, -0.2) is 59.0 Å². The number of nitrogens with zero attached hydrogens (tertiary/aromatic N) is 4. The third-order valence-electron chi connectivity index (χ3n) is 5.01. The number of likely N-dealkylation sites (tertiary alicyclic amines) is 1. The second-order valence-corrected chi connectivity index (χ2v) is 7.23. The number of aliphatic imine (C=N–C) groups is 1. The van der Waals surface area contributed by atoms with Gasteiger partial charge in [-0.3, -0.25) is 9.79 Å². The summed E-state index contributed by atoms with van der Waals surface area (Å²) in [7, 11) is 0. The van der Waals surface area contributed by atoms with E-state index in [1.54, 1.807) is 0 Å². The SMILES string of the molecule is CCNC(=NCCCN1CCCC1=O)NCCc1nccn1Cc1ccccc1. The molecule has 1 fully saturated rings. The number of carbonyl (C=O) groups excluding carboxylic acids is 1. The maximum atomic E-state index is 11.7. The van der Waals surface area contributed by atoms with Gasteiger partial charge in [-0.1, -0.05) is 30.3 Å². The minimum absolute atomic E-state index is 0.282. The smallest absolute Gasteiger partial charge is 0.222 e. The normalized spacial score (nSPS) is 14.4. The predicted molar refractivity (Wildman–Crippen MR) is 116 cm³/mol. The molecule has 7 nitrogen and oxygen atoms in total. The molecule has 29 heavy (non-hydrogen) atoms. The van der Waals surface area contributed by atoms with Crippen molar-refractivity contribution in [2.75, 3.05) is 32.7 Å². The number of hydrogen-bond acceptors (Lipinski definition) is 3. The summed E-state index contributed by atoms with van der Waals surface area (Å²) in [6.45, 7) is 6.89. The molecule has 2 heterocycles. The summed E-state index contributed by atoms with van der Waals surface area (Å²) < 4.78 is 2.19. The number of carbonyl (C=O) groups is 1. The number of amides is 1. The van der Waals surface area contributed by atoms with Gasteiger partial charge in [-0.15, -0.1) is 0 Å². The number of benzene rings is 1. The van der Waals surface area contributed by atoms with Crippen LogP contribution in [0.25, 0.3) is 0 Å². The van der Waals surface area contributed by atoms with Gasteiger partial charge in [0.2, 0.25) is 5.91 Å². The summed E-state index contributed by atoms with van der Waals surface area (Å²) in [4.78, 5) is 22.8. The first-order chi connectivity index (χ1) is 14.3. The Labute approximate surface area is 173 Å². The summed E-state index contributed by atoms with van der Waals surface area (Å²) in [5.41, 5.74) is 1.27. The Balaban J connectivity index is 1.43. The molecular formula is C22H32N6O. The first-order valence-corrected chi connectivity index (χ1v) is 10.6. The van der Waals surface area contributed by atoms with E-state index in [1.807, 2.05) is 23.4 Å². The monoisotopic (exact) mass is 396 g/mol. The summed E-state index contributed by atoms with van der Waals surface area (Å²) in [5.74, 6) is 2.16. The minimum Gasteiger partial charge on any atom is -0.357 e. The molecule has 1 saturated heterocycles. The molecule has 1 aliphatic rings. The van der Waals surface area contributed by atoms with E-state index in [-0.39, 0.29) is 5.91 Å². The molecule has 0 radical (unpaired) electrons. The zero-order valence-electron chi connectivity index (χ0n) is 17.3. The van der Waals surface area contributed by atoms with Crippen molar-refractivity contribution in [3.8, 4) is 0 Å². The van der Waals surface area contributed by atoms with Crippen molar-refractivity contribution in [3.05, 3.63) is 54.1 Å². The van der Waals surface area contributed by atoms with Crippen molar-refractivity contribution in [2.24, 2.45) is 4.99 Å². The standard InChI is InChI=1S/C22H32N6O/c1-2-23-22(25-12-7-16-27-15-6-10-21(27)29)26-13-11-20-24-14-17-28(20)18-19-8-4-3-5-9-19/h3-5,8-9,14,17H,2,6-7,10-13,15-16,18H2,1H3,(H2,23,25,26). The fraction of sp³-hybridized carbons (Fsp3) is 0.500. The Hall–Kier alpha value is -2.83. The fourth-order valence-corrected chi connectivity index (χ4v) is 3.52. The maximum absolute atomic E-state index is 11.7. The van der Waals surface area contributed by atoms with Crippen LogP contribution in [0.15, 0.2) is 47.7 Å². The van der Waals surface area contributed by atoms with Gasteiger partial charge in [0.25, 0.3) is 0 Å². The van der Waals surface area contributed by atoms with Crippen molar-refractivity contribution in [2.45, 2.75) is 39.2 Å². The molecular weight excluding hydrogens is 364 g/mol. The predicted octanol–water partition coefficient (Wildman–Crippen LogP) is 2.04. The van der Waals surface area contributed by atoms with Crippen LogP contribution in [0.5, 0.6) is 0 Å². The Morgan fingerprint density at radius 1 is 1.24 bits per heavy atom. The number of aromatic nitrogens is 2. The number of guanidine groups is 1. The van der Waals surface area contributed by atoms with Gasteiger partial charge in [-0.05, 0) is 25.3 Å². The molecule has 2 aromatic rings. The van der Waals surface area contributed by atoms with Gasteiger partial charge in [0.05, 0.1) is 0 Å². The van der Waals surface area contributed by atoms with Crippen LogP contribution in [0.3, 0.4) is 0 Å². The molecule has 1 amide bonds. The largest absolute Gasteiger partial charge is 0.357 e. The second-order valence-electron chi connectivity index (χ2n) is 7.23. The first-order valence-electron chi connectivity index (χ1n) is 10.6. The van der Waals surface area contributed by atoms with Crippen LogP contribution in [0.4, 0.5) is 0 Å². The molecule has 0 unspecified atom stereocenters. The van der Waals surface area contributed by atoms with Crippen LogP contribution < -0.4 is 10.6 Å². The molecule has 3 rings (SSSR count). The van der Waals surface area contributed by atoms with Crippen molar-refractivity contribution in [3.63, 3.8) is 0 Å². The molecule has 2 N–H and O–H groups in total. The quantitative estimate of drug-likeness (QED) is 0.366. The van der Waals surface area contributed by atoms with Crippen molar-refractivity contribution in [1.29, 1.82) is 0 Å².